The van der Waals surface area contributed by atoms with Crippen LogP contribution in [0.5, 0.6) is 0 Å². The average Bonchev–Trinajstić information content (AvgIpc) is 2.69. The Hall–Kier alpha value is -1.12. The third kappa shape index (κ3) is 3.07. The summed E-state index contributed by atoms with van der Waals surface area (Å²) in [6.07, 6.45) is 2.72. The Balaban J connectivity index is 3.28. The van der Waals surface area contributed by atoms with Gasteiger partial charge in [0.05, 0.1) is 12.9 Å². The molecule has 0 aromatic carbocycles. The van der Waals surface area contributed by atoms with Crippen molar-refractivity contribution in [3.05, 3.63) is 6.33 Å². The molecule has 7 nitrogen and oxygen atoms in total. The van der Waals surface area contributed by atoms with Crippen LogP contribution in [0.4, 0.5) is 5.82 Å². The molecule has 0 aliphatic carbocycles. The van der Waals surface area contributed by atoms with Crippen molar-refractivity contribution in [1.82, 2.24) is 13.9 Å². The second-order valence-electron chi connectivity index (χ2n) is 4.36. The SMILES string of the molecule is CCC(CC)N(CCO)S(=O)(=O)c1c(N)ncn1C. The number of imidazole rings is 1. The Morgan fingerprint density at radius 1 is 1.47 bits per heavy atom. The summed E-state index contributed by atoms with van der Waals surface area (Å²) in [5.41, 5.74) is 5.64. The van der Waals surface area contributed by atoms with Gasteiger partial charge in [0.2, 0.25) is 0 Å². The molecule has 110 valence electrons. The molecule has 0 aliphatic heterocycles. The summed E-state index contributed by atoms with van der Waals surface area (Å²) >= 11 is 0. The molecule has 1 aromatic heterocycles. The Kier molecular flexibility index (Phi) is 5.33. The van der Waals surface area contributed by atoms with Gasteiger partial charge in [-0.2, -0.15) is 4.31 Å². The highest BCUT2D eigenvalue weighted by Gasteiger charge is 2.33. The number of nitrogens with zero attached hydrogens (tertiary/aromatic N) is 3. The molecule has 0 saturated heterocycles. The Bertz CT molecular complexity index is 489. The van der Waals surface area contributed by atoms with Crippen molar-refractivity contribution < 1.29 is 13.5 Å². The number of aliphatic hydroxyl groups excluding tert-OH is 1. The maximum atomic E-state index is 12.7. The van der Waals surface area contributed by atoms with Gasteiger partial charge in [0, 0.05) is 19.6 Å². The van der Waals surface area contributed by atoms with E-state index in [4.69, 9.17) is 10.8 Å². The van der Waals surface area contributed by atoms with Gasteiger partial charge in [0.1, 0.15) is 0 Å². The zero-order chi connectivity index (χ0) is 14.6. The molecule has 0 saturated carbocycles. The summed E-state index contributed by atoms with van der Waals surface area (Å²) in [4.78, 5) is 3.81. The molecule has 0 amide bonds. The smallest absolute Gasteiger partial charge is 0.262 e. The average molecular weight is 290 g/mol. The van der Waals surface area contributed by atoms with Gasteiger partial charge in [0.25, 0.3) is 10.0 Å². The van der Waals surface area contributed by atoms with Crippen LogP contribution in [0.3, 0.4) is 0 Å². The molecule has 0 spiro atoms. The van der Waals surface area contributed by atoms with Crippen LogP contribution in [-0.2, 0) is 17.1 Å². The van der Waals surface area contributed by atoms with Gasteiger partial charge in [-0.15, -0.1) is 0 Å². The van der Waals surface area contributed by atoms with E-state index >= 15 is 0 Å². The monoisotopic (exact) mass is 290 g/mol. The lowest BCUT2D eigenvalue weighted by Gasteiger charge is -2.28. The predicted molar refractivity (Wildman–Crippen MR) is 73.0 cm³/mol. The molecule has 19 heavy (non-hydrogen) atoms. The fraction of sp³-hybridized carbons (Fsp3) is 0.727. The van der Waals surface area contributed by atoms with E-state index in [0.717, 1.165) is 0 Å². The lowest BCUT2D eigenvalue weighted by atomic mass is 10.2. The Morgan fingerprint density at radius 2 is 2.05 bits per heavy atom. The zero-order valence-corrected chi connectivity index (χ0v) is 12.4. The van der Waals surface area contributed by atoms with Crippen molar-refractivity contribution in [3.63, 3.8) is 0 Å². The number of aryl methyl sites for hydroxylation is 1. The van der Waals surface area contributed by atoms with E-state index in [-0.39, 0.29) is 30.0 Å². The molecule has 0 aliphatic rings. The van der Waals surface area contributed by atoms with E-state index in [1.807, 2.05) is 13.8 Å². The summed E-state index contributed by atoms with van der Waals surface area (Å²) in [7, 11) is -2.17. The molecule has 1 aromatic rings. The topological polar surface area (TPSA) is 101 Å². The lowest BCUT2D eigenvalue weighted by molar-refractivity contribution is 0.219. The van der Waals surface area contributed by atoms with E-state index in [9.17, 15) is 8.42 Å². The zero-order valence-electron chi connectivity index (χ0n) is 11.6. The van der Waals surface area contributed by atoms with Crippen molar-refractivity contribution in [2.75, 3.05) is 18.9 Å². The van der Waals surface area contributed by atoms with Gasteiger partial charge in [0.15, 0.2) is 10.8 Å². The second-order valence-corrected chi connectivity index (χ2v) is 6.16. The molecule has 0 atom stereocenters. The summed E-state index contributed by atoms with van der Waals surface area (Å²) in [5, 5.41) is 9.10. The minimum absolute atomic E-state index is 0.0172. The largest absolute Gasteiger partial charge is 0.395 e. The quantitative estimate of drug-likeness (QED) is 0.745. The molecule has 8 heteroatoms. The second kappa shape index (κ2) is 6.36. The molecule has 1 heterocycles. The van der Waals surface area contributed by atoms with Gasteiger partial charge in [-0.05, 0) is 12.8 Å². The molecule has 0 fully saturated rings. The predicted octanol–water partition coefficient (Wildman–Crippen LogP) is 0.174. The van der Waals surface area contributed by atoms with Crippen molar-refractivity contribution in [2.45, 2.75) is 37.8 Å². The number of rotatable bonds is 7. The van der Waals surface area contributed by atoms with E-state index in [0.29, 0.717) is 12.8 Å². The summed E-state index contributed by atoms with van der Waals surface area (Å²) in [6.45, 7) is 3.66. The Morgan fingerprint density at radius 3 is 2.42 bits per heavy atom. The molecule has 0 bridgehead atoms. The third-order valence-corrected chi connectivity index (χ3v) is 5.22. The molecule has 3 N–H and O–H groups in total. The Labute approximate surface area is 114 Å². The standard InChI is InChI=1S/C11H22N4O3S/c1-4-9(5-2)15(6-7-16)19(17,18)11-10(12)13-8-14(11)3/h8-9,16H,4-7,12H2,1-3H3. The number of aromatic nitrogens is 2. The van der Waals surface area contributed by atoms with Crippen molar-refractivity contribution >= 4 is 15.8 Å². The fourth-order valence-electron chi connectivity index (χ4n) is 2.16. The summed E-state index contributed by atoms with van der Waals surface area (Å²) in [5.74, 6) is -0.0172. The normalized spacial score (nSPS) is 12.5. The lowest BCUT2D eigenvalue weighted by Crippen LogP contribution is -2.42. The van der Waals surface area contributed by atoms with Gasteiger partial charge in [-0.3, -0.25) is 0 Å². The molecular weight excluding hydrogens is 268 g/mol. The number of hydrogen-bond acceptors (Lipinski definition) is 5. The number of hydrogen-bond donors (Lipinski definition) is 2. The first-order chi connectivity index (χ1) is 8.89. The van der Waals surface area contributed by atoms with Gasteiger partial charge in [-0.1, -0.05) is 13.8 Å². The van der Waals surface area contributed by atoms with Crippen LogP contribution in [0.2, 0.25) is 0 Å². The first-order valence-corrected chi connectivity index (χ1v) is 7.73. The van der Waals surface area contributed by atoms with Crippen molar-refractivity contribution in [2.24, 2.45) is 7.05 Å². The number of anilines is 1. The maximum absolute atomic E-state index is 12.7. The maximum Gasteiger partial charge on any atom is 0.262 e. The first kappa shape index (κ1) is 15.9. The van der Waals surface area contributed by atoms with Crippen LogP contribution in [0.15, 0.2) is 11.4 Å². The van der Waals surface area contributed by atoms with Crippen LogP contribution in [0, 0.1) is 0 Å². The summed E-state index contributed by atoms with van der Waals surface area (Å²) in [6, 6.07) is -0.161. The van der Waals surface area contributed by atoms with E-state index < -0.39 is 10.0 Å². The van der Waals surface area contributed by atoms with Crippen LogP contribution in [-0.4, -0.2) is 46.6 Å². The van der Waals surface area contributed by atoms with Crippen LogP contribution < -0.4 is 5.73 Å². The molecule has 1 rings (SSSR count). The molecule has 0 unspecified atom stereocenters. The van der Waals surface area contributed by atoms with Gasteiger partial charge in [-0.25, -0.2) is 13.4 Å². The van der Waals surface area contributed by atoms with Crippen LogP contribution >= 0.6 is 0 Å². The van der Waals surface area contributed by atoms with E-state index in [2.05, 4.69) is 4.98 Å². The van der Waals surface area contributed by atoms with E-state index in [1.165, 1.54) is 15.2 Å². The van der Waals surface area contributed by atoms with Crippen LogP contribution in [0.1, 0.15) is 26.7 Å². The number of sulfonamides is 1. The number of aliphatic hydroxyl groups is 1. The van der Waals surface area contributed by atoms with Gasteiger partial charge < -0.3 is 15.4 Å². The minimum atomic E-state index is -3.76. The number of nitrogens with two attached hydrogens (primary N) is 1. The summed E-state index contributed by atoms with van der Waals surface area (Å²) < 4.78 is 28.0. The highest BCUT2D eigenvalue weighted by molar-refractivity contribution is 7.89. The van der Waals surface area contributed by atoms with Crippen LogP contribution in [0.25, 0.3) is 0 Å². The fourth-order valence-corrected chi connectivity index (χ4v) is 4.12. The highest BCUT2D eigenvalue weighted by Crippen LogP contribution is 2.24. The van der Waals surface area contributed by atoms with Crippen molar-refractivity contribution in [3.8, 4) is 0 Å². The molecular formula is C11H22N4O3S. The first-order valence-electron chi connectivity index (χ1n) is 6.29. The minimum Gasteiger partial charge on any atom is -0.395 e. The number of nitrogen functional groups attached to an aromatic ring is 1. The van der Waals surface area contributed by atoms with E-state index in [1.54, 1.807) is 7.05 Å². The molecule has 0 radical (unpaired) electrons. The van der Waals surface area contributed by atoms with Gasteiger partial charge >= 0.3 is 0 Å². The van der Waals surface area contributed by atoms with Crippen molar-refractivity contribution in [1.29, 1.82) is 0 Å². The highest BCUT2D eigenvalue weighted by atomic mass is 32.2. The third-order valence-electron chi connectivity index (χ3n) is 3.13.